The van der Waals surface area contributed by atoms with Crippen molar-refractivity contribution in [2.24, 2.45) is 4.99 Å². The molecule has 27 heavy (non-hydrogen) atoms. The predicted octanol–water partition coefficient (Wildman–Crippen LogP) is 1.42. The molecule has 8 heteroatoms. The minimum absolute atomic E-state index is 0.322. The van der Waals surface area contributed by atoms with Crippen LogP contribution in [0.4, 0.5) is 0 Å². The molecule has 2 aromatic rings. The third-order valence-electron chi connectivity index (χ3n) is 4.05. The van der Waals surface area contributed by atoms with E-state index < -0.39 is 0 Å². The number of carbonyl (C=O) groups is 1. The molecule has 0 saturated carbocycles. The number of methoxy groups -OCH3 is 1. The van der Waals surface area contributed by atoms with E-state index in [-0.39, 0.29) is 5.97 Å². The van der Waals surface area contributed by atoms with Crippen LogP contribution >= 0.6 is 0 Å². The van der Waals surface area contributed by atoms with E-state index in [9.17, 15) is 4.79 Å². The summed E-state index contributed by atoms with van der Waals surface area (Å²) < 4.78 is 6.75. The van der Waals surface area contributed by atoms with Gasteiger partial charge in [-0.25, -0.2) is 4.79 Å². The van der Waals surface area contributed by atoms with Crippen LogP contribution in [0.1, 0.15) is 35.6 Å². The molecule has 1 aromatic carbocycles. The molecule has 0 atom stereocenters. The number of nitrogens with one attached hydrogen (secondary N) is 2. The first-order chi connectivity index (χ1) is 13.2. The Bertz CT molecular complexity index is 739. The van der Waals surface area contributed by atoms with Crippen molar-refractivity contribution in [3.05, 3.63) is 47.5 Å². The molecule has 0 fully saturated rings. The molecule has 0 radical (unpaired) electrons. The van der Waals surface area contributed by atoms with Gasteiger partial charge in [0.25, 0.3) is 0 Å². The highest BCUT2D eigenvalue weighted by Gasteiger charge is 2.05. The summed E-state index contributed by atoms with van der Waals surface area (Å²) in [5, 5.41) is 14.6. The Balaban J connectivity index is 1.82. The minimum atomic E-state index is -0.322. The molecule has 146 valence electrons. The number of benzene rings is 1. The van der Waals surface area contributed by atoms with E-state index in [0.29, 0.717) is 12.1 Å². The zero-order valence-corrected chi connectivity index (χ0v) is 16.2. The Morgan fingerprint density at radius 1 is 1.22 bits per heavy atom. The number of guanidine groups is 1. The quantitative estimate of drug-likeness (QED) is 0.393. The number of esters is 1. The number of ether oxygens (including phenoxy) is 1. The predicted molar refractivity (Wildman–Crippen MR) is 105 cm³/mol. The van der Waals surface area contributed by atoms with Crippen molar-refractivity contribution in [3.8, 4) is 0 Å². The number of hydrogen-bond acceptors (Lipinski definition) is 5. The van der Waals surface area contributed by atoms with Crippen molar-refractivity contribution in [3.63, 3.8) is 0 Å². The fourth-order valence-corrected chi connectivity index (χ4v) is 2.60. The number of hydrogen-bond donors (Lipinski definition) is 2. The van der Waals surface area contributed by atoms with Gasteiger partial charge >= 0.3 is 5.97 Å². The van der Waals surface area contributed by atoms with Gasteiger partial charge in [0, 0.05) is 32.6 Å². The average Bonchev–Trinajstić information content (AvgIpc) is 3.15. The third kappa shape index (κ3) is 6.40. The van der Waals surface area contributed by atoms with Crippen molar-refractivity contribution >= 4 is 11.9 Å². The first-order valence-electron chi connectivity index (χ1n) is 9.24. The van der Waals surface area contributed by atoms with Gasteiger partial charge in [-0.15, -0.1) is 10.2 Å². The Morgan fingerprint density at radius 2 is 2.00 bits per heavy atom. The Kier molecular flexibility index (Phi) is 8.28. The van der Waals surface area contributed by atoms with Crippen LogP contribution in [-0.2, 0) is 24.1 Å². The van der Waals surface area contributed by atoms with Crippen LogP contribution in [0.5, 0.6) is 0 Å². The second kappa shape index (κ2) is 10.9. The second-order valence-electron chi connectivity index (χ2n) is 5.92. The van der Waals surface area contributed by atoms with E-state index in [0.717, 1.165) is 49.8 Å². The van der Waals surface area contributed by atoms with Gasteiger partial charge < -0.3 is 19.9 Å². The molecule has 0 spiro atoms. The molecule has 1 heterocycles. The lowest BCUT2D eigenvalue weighted by molar-refractivity contribution is 0.0600. The first-order valence-corrected chi connectivity index (χ1v) is 9.24. The SMILES string of the molecule is CCNC(=NCCc1ccc(C(=O)OC)cc1)NCCn1cnnc1CC. The normalized spacial score (nSPS) is 11.3. The van der Waals surface area contributed by atoms with Gasteiger partial charge in [0.1, 0.15) is 12.2 Å². The van der Waals surface area contributed by atoms with Gasteiger partial charge in [0.15, 0.2) is 5.96 Å². The Morgan fingerprint density at radius 3 is 2.67 bits per heavy atom. The molecule has 0 unspecified atom stereocenters. The molecule has 0 saturated heterocycles. The van der Waals surface area contributed by atoms with E-state index in [2.05, 4.69) is 32.7 Å². The molecule has 0 aliphatic heterocycles. The summed E-state index contributed by atoms with van der Waals surface area (Å²) in [5.74, 6) is 1.45. The minimum Gasteiger partial charge on any atom is -0.465 e. The molecule has 2 N–H and O–H groups in total. The lowest BCUT2D eigenvalue weighted by Gasteiger charge is -2.12. The molecule has 0 aliphatic rings. The summed E-state index contributed by atoms with van der Waals surface area (Å²) in [7, 11) is 1.38. The fraction of sp³-hybridized carbons (Fsp3) is 0.474. The van der Waals surface area contributed by atoms with Crippen LogP contribution in [0.25, 0.3) is 0 Å². The van der Waals surface area contributed by atoms with E-state index >= 15 is 0 Å². The van der Waals surface area contributed by atoms with Gasteiger partial charge in [-0.2, -0.15) is 0 Å². The highest BCUT2D eigenvalue weighted by Crippen LogP contribution is 2.06. The zero-order chi connectivity index (χ0) is 19.5. The van der Waals surface area contributed by atoms with Crippen molar-refractivity contribution in [1.82, 2.24) is 25.4 Å². The molecule has 0 amide bonds. The van der Waals surface area contributed by atoms with Crippen molar-refractivity contribution in [2.75, 3.05) is 26.7 Å². The molecular formula is C19H28N6O2. The van der Waals surface area contributed by atoms with Crippen LogP contribution in [0.2, 0.25) is 0 Å². The van der Waals surface area contributed by atoms with E-state index in [1.54, 1.807) is 18.5 Å². The largest absolute Gasteiger partial charge is 0.465 e. The van der Waals surface area contributed by atoms with Gasteiger partial charge in [0.05, 0.1) is 12.7 Å². The maximum absolute atomic E-state index is 11.5. The third-order valence-corrected chi connectivity index (χ3v) is 4.05. The lowest BCUT2D eigenvalue weighted by atomic mass is 10.1. The first kappa shape index (κ1) is 20.4. The highest BCUT2D eigenvalue weighted by atomic mass is 16.5. The lowest BCUT2D eigenvalue weighted by Crippen LogP contribution is -2.39. The molecule has 0 bridgehead atoms. The van der Waals surface area contributed by atoms with Gasteiger partial charge in [-0.3, -0.25) is 4.99 Å². The highest BCUT2D eigenvalue weighted by molar-refractivity contribution is 5.89. The maximum atomic E-state index is 11.5. The number of nitrogens with zero attached hydrogens (tertiary/aromatic N) is 4. The van der Waals surface area contributed by atoms with Crippen LogP contribution in [-0.4, -0.2) is 53.4 Å². The molecular weight excluding hydrogens is 344 g/mol. The summed E-state index contributed by atoms with van der Waals surface area (Å²) in [6, 6.07) is 7.42. The number of carbonyl (C=O) groups excluding carboxylic acids is 1. The summed E-state index contributed by atoms with van der Waals surface area (Å²) in [6.07, 6.45) is 3.41. The molecule has 1 aromatic heterocycles. The Hall–Kier alpha value is -2.90. The maximum Gasteiger partial charge on any atom is 0.337 e. The van der Waals surface area contributed by atoms with Crippen LogP contribution in [0, 0.1) is 0 Å². The average molecular weight is 372 g/mol. The second-order valence-corrected chi connectivity index (χ2v) is 5.92. The van der Waals surface area contributed by atoms with Crippen LogP contribution < -0.4 is 10.6 Å². The van der Waals surface area contributed by atoms with Gasteiger partial charge in [-0.05, 0) is 31.0 Å². The van der Waals surface area contributed by atoms with E-state index in [1.807, 2.05) is 23.6 Å². The fourth-order valence-electron chi connectivity index (χ4n) is 2.60. The Labute approximate surface area is 160 Å². The van der Waals surface area contributed by atoms with E-state index in [1.165, 1.54) is 7.11 Å². The van der Waals surface area contributed by atoms with Crippen molar-refractivity contribution in [1.29, 1.82) is 0 Å². The van der Waals surface area contributed by atoms with Crippen LogP contribution in [0.15, 0.2) is 35.6 Å². The smallest absolute Gasteiger partial charge is 0.337 e. The van der Waals surface area contributed by atoms with Crippen molar-refractivity contribution in [2.45, 2.75) is 33.2 Å². The monoisotopic (exact) mass is 372 g/mol. The summed E-state index contributed by atoms with van der Waals surface area (Å²) in [5.41, 5.74) is 1.68. The number of aliphatic imine (C=N–C) groups is 1. The number of aromatic nitrogens is 3. The summed E-state index contributed by atoms with van der Waals surface area (Å²) in [6.45, 7) is 7.08. The van der Waals surface area contributed by atoms with Crippen LogP contribution in [0.3, 0.4) is 0 Å². The number of rotatable bonds is 9. The standard InChI is InChI=1S/C19H28N6O2/c1-4-17-24-23-14-25(17)13-12-22-19(20-5-2)21-11-10-15-6-8-16(9-7-15)18(26)27-3/h6-9,14H,4-5,10-13H2,1-3H3,(H2,20,21,22). The molecule has 8 nitrogen and oxygen atoms in total. The van der Waals surface area contributed by atoms with Crippen molar-refractivity contribution < 1.29 is 9.53 Å². The van der Waals surface area contributed by atoms with Gasteiger partial charge in [0.2, 0.25) is 0 Å². The number of aryl methyl sites for hydroxylation is 1. The molecule has 2 rings (SSSR count). The summed E-state index contributed by atoms with van der Waals surface area (Å²) in [4.78, 5) is 16.1. The summed E-state index contributed by atoms with van der Waals surface area (Å²) >= 11 is 0. The molecule has 0 aliphatic carbocycles. The topological polar surface area (TPSA) is 93.4 Å². The van der Waals surface area contributed by atoms with Gasteiger partial charge in [-0.1, -0.05) is 19.1 Å². The zero-order valence-electron chi connectivity index (χ0n) is 16.2. The van der Waals surface area contributed by atoms with E-state index in [4.69, 9.17) is 4.74 Å².